The Morgan fingerprint density at radius 1 is 1.17 bits per heavy atom. The fraction of sp³-hybridized carbons (Fsp3) is 0.211. The van der Waals surface area contributed by atoms with Crippen LogP contribution in [0.25, 0.3) is 6.08 Å². The largest absolute Gasteiger partial charge is 0.322 e. The van der Waals surface area contributed by atoms with Crippen molar-refractivity contribution in [1.29, 1.82) is 0 Å². The van der Waals surface area contributed by atoms with Crippen LogP contribution in [0.15, 0.2) is 48.5 Å². The molecule has 2 aromatic carbocycles. The number of nitro benzene ring substituents is 1. The molecule has 0 unspecified atom stereocenters. The van der Waals surface area contributed by atoms with Crippen molar-refractivity contribution in [3.8, 4) is 0 Å². The van der Waals surface area contributed by atoms with Gasteiger partial charge in [0.2, 0.25) is 5.91 Å². The monoisotopic (exact) mass is 324 g/mol. The molecule has 1 amide bonds. The van der Waals surface area contributed by atoms with Gasteiger partial charge in [0.15, 0.2) is 0 Å². The maximum atomic E-state index is 12.0. The van der Waals surface area contributed by atoms with Crippen molar-refractivity contribution in [3.63, 3.8) is 0 Å². The highest BCUT2D eigenvalue weighted by atomic mass is 16.6. The quantitative estimate of drug-likeness (QED) is 0.493. The molecule has 0 radical (unpaired) electrons. The first-order valence-corrected chi connectivity index (χ1v) is 7.71. The molecule has 0 bridgehead atoms. The van der Waals surface area contributed by atoms with Gasteiger partial charge in [-0.15, -0.1) is 0 Å². The molecule has 2 aromatic rings. The second-order valence-electron chi connectivity index (χ2n) is 5.90. The van der Waals surface area contributed by atoms with Crippen LogP contribution in [-0.4, -0.2) is 10.8 Å². The SMILES string of the molecule is Cc1cc([N+](=O)[O-])ccc1NC(=O)/C=C/c1ccc(C(C)C)cc1. The number of nitrogens with one attached hydrogen (secondary N) is 1. The molecule has 0 aliphatic carbocycles. The predicted molar refractivity (Wildman–Crippen MR) is 96.0 cm³/mol. The maximum absolute atomic E-state index is 12.0. The van der Waals surface area contributed by atoms with E-state index in [4.69, 9.17) is 0 Å². The molecule has 0 heterocycles. The number of non-ortho nitro benzene ring substituents is 1. The summed E-state index contributed by atoms with van der Waals surface area (Å²) in [6.07, 6.45) is 3.19. The number of carbonyl (C=O) groups excluding carboxylic acids is 1. The summed E-state index contributed by atoms with van der Waals surface area (Å²) >= 11 is 0. The van der Waals surface area contributed by atoms with Gasteiger partial charge in [0.05, 0.1) is 4.92 Å². The van der Waals surface area contributed by atoms with E-state index in [1.165, 1.54) is 29.8 Å². The van der Waals surface area contributed by atoms with Crippen LogP contribution in [0.4, 0.5) is 11.4 Å². The topological polar surface area (TPSA) is 72.2 Å². The van der Waals surface area contributed by atoms with E-state index in [-0.39, 0.29) is 11.6 Å². The lowest BCUT2D eigenvalue weighted by Gasteiger charge is -2.06. The summed E-state index contributed by atoms with van der Waals surface area (Å²) in [4.78, 5) is 22.3. The van der Waals surface area contributed by atoms with Gasteiger partial charge in [0.1, 0.15) is 0 Å². The number of rotatable bonds is 5. The zero-order chi connectivity index (χ0) is 17.7. The van der Waals surface area contributed by atoms with Gasteiger partial charge < -0.3 is 5.32 Å². The highest BCUT2D eigenvalue weighted by Crippen LogP contribution is 2.21. The van der Waals surface area contributed by atoms with E-state index in [0.717, 1.165) is 5.56 Å². The summed E-state index contributed by atoms with van der Waals surface area (Å²) in [5.41, 5.74) is 3.40. The van der Waals surface area contributed by atoms with Gasteiger partial charge in [-0.2, -0.15) is 0 Å². The zero-order valence-corrected chi connectivity index (χ0v) is 13.9. The molecule has 0 aliphatic heterocycles. The minimum Gasteiger partial charge on any atom is -0.322 e. The zero-order valence-electron chi connectivity index (χ0n) is 13.9. The number of nitrogens with zero attached hydrogens (tertiary/aromatic N) is 1. The Balaban J connectivity index is 2.03. The summed E-state index contributed by atoms with van der Waals surface area (Å²) in [5.74, 6) is 0.191. The summed E-state index contributed by atoms with van der Waals surface area (Å²) < 4.78 is 0. The molecule has 5 heteroatoms. The fourth-order valence-corrected chi connectivity index (χ4v) is 2.24. The molecule has 24 heavy (non-hydrogen) atoms. The van der Waals surface area contributed by atoms with E-state index in [0.29, 0.717) is 17.2 Å². The Hall–Kier alpha value is -2.95. The van der Waals surface area contributed by atoms with Gasteiger partial charge in [0, 0.05) is 23.9 Å². The molecular formula is C19H20N2O3. The Labute approximate surface area is 141 Å². The standard InChI is InChI=1S/C19H20N2O3/c1-13(2)16-7-4-15(5-8-16)6-11-19(22)20-18-10-9-17(21(23)24)12-14(18)3/h4-13H,1-3H3,(H,20,22)/b11-6+. The summed E-state index contributed by atoms with van der Waals surface area (Å²) in [6.45, 7) is 5.98. The summed E-state index contributed by atoms with van der Waals surface area (Å²) in [5, 5.41) is 13.4. The molecule has 124 valence electrons. The number of hydrogen-bond donors (Lipinski definition) is 1. The minimum absolute atomic E-state index is 0.00582. The van der Waals surface area contributed by atoms with Gasteiger partial charge in [-0.05, 0) is 41.7 Å². The maximum Gasteiger partial charge on any atom is 0.269 e. The third-order valence-electron chi connectivity index (χ3n) is 3.71. The van der Waals surface area contributed by atoms with Crippen LogP contribution < -0.4 is 5.32 Å². The third kappa shape index (κ3) is 4.52. The van der Waals surface area contributed by atoms with Crippen molar-refractivity contribution in [2.75, 3.05) is 5.32 Å². The normalized spacial score (nSPS) is 11.0. The van der Waals surface area contributed by atoms with Crippen molar-refractivity contribution < 1.29 is 9.72 Å². The molecule has 0 saturated heterocycles. The molecule has 0 aliphatic rings. The second kappa shape index (κ2) is 7.55. The van der Waals surface area contributed by atoms with Crippen molar-refractivity contribution in [1.82, 2.24) is 0 Å². The highest BCUT2D eigenvalue weighted by Gasteiger charge is 2.09. The molecule has 0 aromatic heterocycles. The molecule has 2 rings (SSSR count). The van der Waals surface area contributed by atoms with Crippen molar-refractivity contribution in [2.24, 2.45) is 0 Å². The van der Waals surface area contributed by atoms with Crippen LogP contribution in [0.5, 0.6) is 0 Å². The number of nitro groups is 1. The Kier molecular flexibility index (Phi) is 5.47. The van der Waals surface area contributed by atoms with E-state index >= 15 is 0 Å². The van der Waals surface area contributed by atoms with Gasteiger partial charge in [-0.3, -0.25) is 14.9 Å². The third-order valence-corrected chi connectivity index (χ3v) is 3.71. The Bertz CT molecular complexity index is 778. The van der Waals surface area contributed by atoms with E-state index in [1.807, 2.05) is 24.3 Å². The number of benzene rings is 2. The van der Waals surface area contributed by atoms with Gasteiger partial charge in [-0.25, -0.2) is 0 Å². The predicted octanol–water partition coefficient (Wildman–Crippen LogP) is 4.68. The molecule has 0 fully saturated rings. The number of carbonyl (C=O) groups is 1. The van der Waals surface area contributed by atoms with E-state index < -0.39 is 4.92 Å². The Morgan fingerprint density at radius 2 is 1.83 bits per heavy atom. The van der Waals surface area contributed by atoms with Crippen LogP contribution in [0.2, 0.25) is 0 Å². The van der Waals surface area contributed by atoms with Crippen LogP contribution in [-0.2, 0) is 4.79 Å². The lowest BCUT2D eigenvalue weighted by Crippen LogP contribution is -2.09. The van der Waals surface area contributed by atoms with Crippen LogP contribution in [0, 0.1) is 17.0 Å². The first-order valence-electron chi connectivity index (χ1n) is 7.71. The molecule has 1 N–H and O–H groups in total. The first-order chi connectivity index (χ1) is 11.4. The molecule has 0 saturated carbocycles. The summed E-state index contributed by atoms with van der Waals surface area (Å²) in [7, 11) is 0. The number of aryl methyl sites for hydroxylation is 1. The lowest BCUT2D eigenvalue weighted by atomic mass is 10.0. The first kappa shape index (κ1) is 17.4. The average molecular weight is 324 g/mol. The van der Waals surface area contributed by atoms with Crippen molar-refractivity contribution in [2.45, 2.75) is 26.7 Å². The number of anilines is 1. The van der Waals surface area contributed by atoms with Gasteiger partial charge in [0.25, 0.3) is 5.69 Å². The van der Waals surface area contributed by atoms with E-state index in [1.54, 1.807) is 13.0 Å². The average Bonchev–Trinajstić information content (AvgIpc) is 2.55. The number of hydrogen-bond acceptors (Lipinski definition) is 3. The van der Waals surface area contributed by atoms with Crippen LogP contribution in [0.3, 0.4) is 0 Å². The number of amides is 1. The lowest BCUT2D eigenvalue weighted by molar-refractivity contribution is -0.384. The van der Waals surface area contributed by atoms with E-state index in [9.17, 15) is 14.9 Å². The fourth-order valence-electron chi connectivity index (χ4n) is 2.24. The van der Waals surface area contributed by atoms with Crippen LogP contribution >= 0.6 is 0 Å². The minimum atomic E-state index is -0.459. The molecule has 0 atom stereocenters. The van der Waals surface area contributed by atoms with Crippen LogP contribution in [0.1, 0.15) is 36.5 Å². The Morgan fingerprint density at radius 3 is 2.38 bits per heavy atom. The second-order valence-corrected chi connectivity index (χ2v) is 5.90. The highest BCUT2D eigenvalue weighted by molar-refractivity contribution is 6.02. The van der Waals surface area contributed by atoms with Crippen molar-refractivity contribution >= 4 is 23.4 Å². The van der Waals surface area contributed by atoms with Gasteiger partial charge in [-0.1, -0.05) is 38.1 Å². The van der Waals surface area contributed by atoms with Gasteiger partial charge >= 0.3 is 0 Å². The summed E-state index contributed by atoms with van der Waals surface area (Å²) in [6, 6.07) is 12.4. The smallest absolute Gasteiger partial charge is 0.269 e. The molecule has 5 nitrogen and oxygen atoms in total. The molecule has 0 spiro atoms. The van der Waals surface area contributed by atoms with Crippen molar-refractivity contribution in [3.05, 3.63) is 75.3 Å². The van der Waals surface area contributed by atoms with E-state index in [2.05, 4.69) is 19.2 Å². The molecular weight excluding hydrogens is 304 g/mol.